The first kappa shape index (κ1) is 18.2. The number of likely N-dealkylation sites (tertiary alicyclic amines) is 1. The quantitative estimate of drug-likeness (QED) is 0.721. The van der Waals surface area contributed by atoms with Gasteiger partial charge in [0.05, 0.1) is 5.92 Å². The molecular formula is C14H26N4O4S. The first-order valence-corrected chi connectivity index (χ1v) is 9.39. The van der Waals surface area contributed by atoms with Crippen LogP contribution < -0.4 is 5.73 Å². The highest BCUT2D eigenvalue weighted by atomic mass is 32.2. The van der Waals surface area contributed by atoms with Gasteiger partial charge in [-0.25, -0.2) is 0 Å². The molecule has 2 N–H and O–H groups in total. The van der Waals surface area contributed by atoms with Gasteiger partial charge >= 0.3 is 0 Å². The molecule has 0 spiro atoms. The molecule has 2 aliphatic rings. The highest BCUT2D eigenvalue weighted by Crippen LogP contribution is 2.24. The predicted octanol–water partition coefficient (Wildman–Crippen LogP) is -0.771. The average molecular weight is 346 g/mol. The summed E-state index contributed by atoms with van der Waals surface area (Å²) in [6.07, 6.45) is 2.57. The minimum absolute atomic E-state index is 0.00780. The SMILES string of the molecule is CN(C)S(=O)(=O)N1CCC[C@H](C(=O)N2CCC(C(N)=O)CC2)C1. The number of hydrogen-bond acceptors (Lipinski definition) is 4. The van der Waals surface area contributed by atoms with Crippen molar-refractivity contribution in [2.24, 2.45) is 17.6 Å². The molecule has 0 aromatic rings. The van der Waals surface area contributed by atoms with E-state index in [2.05, 4.69) is 0 Å². The lowest BCUT2D eigenvalue weighted by Gasteiger charge is -2.37. The van der Waals surface area contributed by atoms with Gasteiger partial charge in [-0.15, -0.1) is 0 Å². The van der Waals surface area contributed by atoms with Gasteiger partial charge < -0.3 is 10.6 Å². The van der Waals surface area contributed by atoms with Crippen LogP contribution in [0.3, 0.4) is 0 Å². The largest absolute Gasteiger partial charge is 0.369 e. The van der Waals surface area contributed by atoms with Gasteiger partial charge in [0.25, 0.3) is 10.2 Å². The Labute approximate surface area is 137 Å². The molecule has 0 aromatic carbocycles. The molecule has 2 amide bonds. The van der Waals surface area contributed by atoms with Crippen molar-refractivity contribution in [1.82, 2.24) is 13.5 Å². The fourth-order valence-corrected chi connectivity index (χ4v) is 4.42. The molecule has 0 bridgehead atoms. The molecule has 0 unspecified atom stereocenters. The van der Waals surface area contributed by atoms with Crippen molar-refractivity contribution in [3.05, 3.63) is 0 Å². The number of piperidine rings is 2. The lowest BCUT2D eigenvalue weighted by Crippen LogP contribution is -2.51. The standard InChI is InChI=1S/C14H26N4O4S/c1-16(2)23(21,22)18-7-3-4-12(10-18)14(20)17-8-5-11(6-9-17)13(15)19/h11-12H,3-10H2,1-2H3,(H2,15,19)/t12-/m0/s1. The molecule has 9 heteroatoms. The van der Waals surface area contributed by atoms with Crippen molar-refractivity contribution in [3.63, 3.8) is 0 Å². The second-order valence-corrected chi connectivity index (χ2v) is 8.63. The van der Waals surface area contributed by atoms with E-state index in [0.29, 0.717) is 45.3 Å². The molecule has 1 atom stereocenters. The number of hydrogen-bond donors (Lipinski definition) is 1. The van der Waals surface area contributed by atoms with Crippen molar-refractivity contribution < 1.29 is 18.0 Å². The molecule has 2 heterocycles. The van der Waals surface area contributed by atoms with Gasteiger partial charge in [0.15, 0.2) is 0 Å². The van der Waals surface area contributed by atoms with Crippen molar-refractivity contribution in [2.75, 3.05) is 40.3 Å². The molecule has 2 fully saturated rings. The summed E-state index contributed by atoms with van der Waals surface area (Å²) < 4.78 is 27.0. The zero-order valence-electron chi connectivity index (χ0n) is 13.8. The molecule has 2 aliphatic heterocycles. The Morgan fingerprint density at radius 2 is 1.65 bits per heavy atom. The van der Waals surface area contributed by atoms with Crippen LogP contribution in [-0.2, 0) is 19.8 Å². The number of nitrogens with zero attached hydrogens (tertiary/aromatic N) is 3. The summed E-state index contributed by atoms with van der Waals surface area (Å²) in [6, 6.07) is 0. The van der Waals surface area contributed by atoms with Crippen LogP contribution in [0.2, 0.25) is 0 Å². The number of primary amides is 1. The van der Waals surface area contributed by atoms with Crippen LogP contribution in [-0.4, -0.2) is 74.0 Å². The van der Waals surface area contributed by atoms with Crippen molar-refractivity contribution in [2.45, 2.75) is 25.7 Å². The van der Waals surface area contributed by atoms with Gasteiger partial charge in [-0.05, 0) is 25.7 Å². The van der Waals surface area contributed by atoms with E-state index < -0.39 is 10.2 Å². The number of nitrogens with two attached hydrogens (primary N) is 1. The third-order valence-electron chi connectivity index (χ3n) is 4.73. The summed E-state index contributed by atoms with van der Waals surface area (Å²) in [6.45, 7) is 1.72. The molecule has 2 rings (SSSR count). The third-order valence-corrected chi connectivity index (χ3v) is 6.64. The smallest absolute Gasteiger partial charge is 0.281 e. The Bertz CT molecular complexity index is 555. The maximum absolute atomic E-state index is 12.6. The molecule has 8 nitrogen and oxygen atoms in total. The lowest BCUT2D eigenvalue weighted by atomic mass is 9.93. The molecule has 0 radical (unpaired) electrons. The van der Waals surface area contributed by atoms with E-state index in [1.54, 1.807) is 4.90 Å². The van der Waals surface area contributed by atoms with E-state index in [1.807, 2.05) is 0 Å². The lowest BCUT2D eigenvalue weighted by molar-refractivity contribution is -0.139. The zero-order valence-corrected chi connectivity index (χ0v) is 14.6. The second-order valence-electron chi connectivity index (χ2n) is 6.49. The van der Waals surface area contributed by atoms with Crippen LogP contribution >= 0.6 is 0 Å². The Morgan fingerprint density at radius 1 is 1.04 bits per heavy atom. The van der Waals surface area contributed by atoms with Crippen LogP contribution in [0.25, 0.3) is 0 Å². The molecule has 23 heavy (non-hydrogen) atoms. The van der Waals surface area contributed by atoms with Crippen molar-refractivity contribution in [1.29, 1.82) is 0 Å². The van der Waals surface area contributed by atoms with Gasteiger partial charge in [0.1, 0.15) is 0 Å². The fraction of sp³-hybridized carbons (Fsp3) is 0.857. The topological polar surface area (TPSA) is 104 Å². The number of carbonyl (C=O) groups is 2. The summed E-state index contributed by atoms with van der Waals surface area (Å²) in [7, 11) is -0.492. The summed E-state index contributed by atoms with van der Waals surface area (Å²) >= 11 is 0. The van der Waals surface area contributed by atoms with Crippen molar-refractivity contribution in [3.8, 4) is 0 Å². The Hall–Kier alpha value is -1.19. The van der Waals surface area contributed by atoms with Crippen LogP contribution in [0.5, 0.6) is 0 Å². The summed E-state index contributed by atoms with van der Waals surface area (Å²) in [5.41, 5.74) is 5.31. The number of rotatable bonds is 4. The molecule has 0 aromatic heterocycles. The van der Waals surface area contributed by atoms with E-state index in [1.165, 1.54) is 22.7 Å². The fourth-order valence-electron chi connectivity index (χ4n) is 3.23. The highest BCUT2D eigenvalue weighted by Gasteiger charge is 2.36. The molecule has 2 saturated heterocycles. The molecular weight excluding hydrogens is 320 g/mol. The minimum Gasteiger partial charge on any atom is -0.369 e. The van der Waals surface area contributed by atoms with Gasteiger partial charge in [-0.1, -0.05) is 0 Å². The summed E-state index contributed by atoms with van der Waals surface area (Å²) in [4.78, 5) is 25.6. The maximum atomic E-state index is 12.6. The first-order valence-electron chi connectivity index (χ1n) is 7.99. The van der Waals surface area contributed by atoms with Gasteiger partial charge in [-0.2, -0.15) is 17.0 Å². The van der Waals surface area contributed by atoms with Crippen LogP contribution in [0.4, 0.5) is 0 Å². The Balaban J connectivity index is 1.97. The predicted molar refractivity (Wildman–Crippen MR) is 85.4 cm³/mol. The van der Waals surface area contributed by atoms with E-state index in [0.717, 1.165) is 0 Å². The van der Waals surface area contributed by atoms with Crippen LogP contribution in [0.1, 0.15) is 25.7 Å². The van der Waals surface area contributed by atoms with Crippen molar-refractivity contribution >= 4 is 22.0 Å². The first-order chi connectivity index (χ1) is 10.7. The normalized spacial score (nSPS) is 24.8. The Morgan fingerprint density at radius 3 is 2.17 bits per heavy atom. The third kappa shape index (κ3) is 4.02. The van der Waals surface area contributed by atoms with Crippen LogP contribution in [0.15, 0.2) is 0 Å². The van der Waals surface area contributed by atoms with Gasteiger partial charge in [0.2, 0.25) is 11.8 Å². The van der Waals surface area contributed by atoms with Crippen LogP contribution in [0, 0.1) is 11.8 Å². The summed E-state index contributed by atoms with van der Waals surface area (Å²) in [5, 5.41) is 0. The van der Waals surface area contributed by atoms with E-state index in [9.17, 15) is 18.0 Å². The molecule has 0 aliphatic carbocycles. The molecule has 0 saturated carbocycles. The van der Waals surface area contributed by atoms with Gasteiger partial charge in [0, 0.05) is 46.2 Å². The highest BCUT2D eigenvalue weighted by molar-refractivity contribution is 7.86. The van der Waals surface area contributed by atoms with E-state index >= 15 is 0 Å². The minimum atomic E-state index is -3.48. The second kappa shape index (κ2) is 7.14. The van der Waals surface area contributed by atoms with E-state index in [-0.39, 0.29) is 30.2 Å². The van der Waals surface area contributed by atoms with E-state index in [4.69, 9.17) is 5.73 Å². The van der Waals surface area contributed by atoms with Gasteiger partial charge in [-0.3, -0.25) is 9.59 Å². The Kier molecular flexibility index (Phi) is 5.64. The average Bonchev–Trinajstić information content (AvgIpc) is 2.54. The zero-order chi connectivity index (χ0) is 17.2. The number of amides is 2. The summed E-state index contributed by atoms with van der Waals surface area (Å²) in [5.74, 6) is -0.774. The maximum Gasteiger partial charge on any atom is 0.281 e. The molecule has 132 valence electrons. The number of carbonyl (C=O) groups excluding carboxylic acids is 2. The monoisotopic (exact) mass is 346 g/mol.